The summed E-state index contributed by atoms with van der Waals surface area (Å²) in [5.74, 6) is -0.441. The molecule has 0 fully saturated rings. The zero-order chi connectivity index (χ0) is 50.6. The third-order valence-electron chi connectivity index (χ3n) is 12.6. The summed E-state index contributed by atoms with van der Waals surface area (Å²) < 4.78 is 17.5. The molecule has 1 atom stereocenters. The number of hydrogen-bond donors (Lipinski definition) is 0. The standard InChI is InChI=1S/C65H112O5/c1-4-7-10-13-16-19-22-25-28-31-33-35-37-40-43-46-49-52-55-58-64(66)69-62-63(61-68-60-57-54-51-48-45-42-39-36-32-29-26-23-20-17-14-11-8-5-2)70-65(67)59-56-53-50-47-44-41-38-34-30-27-24-21-18-15-12-9-6-3/h7,10,16,18-19,21,25-30,33,35,40,43,63H,4-6,8-9,11-15,17,20,22-24,31-32,34,36-39,41-42,44-62H2,1-3H3/b10-7-,19-16-,21-18-,28-25-,29-26-,30-27-,35-33-,43-40-. The smallest absolute Gasteiger partial charge is 0.306 e. The number of esters is 2. The predicted octanol–water partition coefficient (Wildman–Crippen LogP) is 20.6. The Hall–Kier alpha value is -3.18. The van der Waals surface area contributed by atoms with Crippen LogP contribution in [-0.4, -0.2) is 37.9 Å². The van der Waals surface area contributed by atoms with E-state index in [1.165, 1.54) is 148 Å². The van der Waals surface area contributed by atoms with Crippen LogP contribution in [0.5, 0.6) is 0 Å². The lowest BCUT2D eigenvalue weighted by Crippen LogP contribution is -2.30. The molecule has 70 heavy (non-hydrogen) atoms. The van der Waals surface area contributed by atoms with Gasteiger partial charge in [0.15, 0.2) is 6.10 Å². The van der Waals surface area contributed by atoms with E-state index in [0.29, 0.717) is 19.4 Å². The van der Waals surface area contributed by atoms with Crippen LogP contribution in [0.4, 0.5) is 0 Å². The first-order chi connectivity index (χ1) is 34.6. The molecule has 5 heteroatoms. The van der Waals surface area contributed by atoms with Gasteiger partial charge in [-0.2, -0.15) is 0 Å². The van der Waals surface area contributed by atoms with Crippen LogP contribution in [-0.2, 0) is 23.8 Å². The van der Waals surface area contributed by atoms with Crippen LogP contribution in [0.1, 0.15) is 278 Å². The molecule has 0 rings (SSSR count). The Morgan fingerprint density at radius 2 is 0.643 bits per heavy atom. The summed E-state index contributed by atoms with van der Waals surface area (Å²) in [6.45, 7) is 7.66. The lowest BCUT2D eigenvalue weighted by atomic mass is 10.1. The molecule has 0 aliphatic heterocycles. The third kappa shape index (κ3) is 57.4. The summed E-state index contributed by atoms with van der Waals surface area (Å²) >= 11 is 0. The second kappa shape index (κ2) is 60.1. The van der Waals surface area contributed by atoms with Crippen LogP contribution in [0, 0.1) is 0 Å². The quantitative estimate of drug-likeness (QED) is 0.0345. The van der Waals surface area contributed by atoms with Gasteiger partial charge in [-0.05, 0) is 122 Å². The van der Waals surface area contributed by atoms with E-state index in [9.17, 15) is 9.59 Å². The number of unbranched alkanes of at least 4 members (excludes halogenated alkanes) is 27. The number of allylic oxidation sites excluding steroid dienone is 16. The fraction of sp³-hybridized carbons (Fsp3) is 0.723. The van der Waals surface area contributed by atoms with Gasteiger partial charge in [-0.3, -0.25) is 9.59 Å². The molecule has 0 heterocycles. The lowest BCUT2D eigenvalue weighted by molar-refractivity contribution is -0.163. The van der Waals surface area contributed by atoms with Gasteiger partial charge in [-0.25, -0.2) is 0 Å². The van der Waals surface area contributed by atoms with Crippen molar-refractivity contribution in [3.05, 3.63) is 97.2 Å². The SMILES string of the molecule is CC/C=C\C/C=C\C/C=C\C/C=C\C/C=C\CCCCCC(=O)OCC(COCCCCCCCCCC/C=C\CCCCCCCC)OC(=O)CCCCCCCCC/C=C\C/C=C\CCCCC. The van der Waals surface area contributed by atoms with E-state index in [4.69, 9.17) is 14.2 Å². The minimum absolute atomic E-state index is 0.0600. The van der Waals surface area contributed by atoms with Gasteiger partial charge in [0, 0.05) is 19.4 Å². The summed E-state index contributed by atoms with van der Waals surface area (Å²) in [6, 6.07) is 0. The molecular formula is C65H112O5. The van der Waals surface area contributed by atoms with Gasteiger partial charge in [-0.1, -0.05) is 240 Å². The first-order valence-corrected chi connectivity index (χ1v) is 29.8. The molecule has 0 saturated carbocycles. The van der Waals surface area contributed by atoms with Gasteiger partial charge >= 0.3 is 11.9 Å². The number of hydrogen-bond acceptors (Lipinski definition) is 5. The van der Waals surface area contributed by atoms with Crippen molar-refractivity contribution >= 4 is 11.9 Å². The van der Waals surface area contributed by atoms with Gasteiger partial charge in [0.25, 0.3) is 0 Å². The van der Waals surface area contributed by atoms with E-state index < -0.39 is 6.10 Å². The van der Waals surface area contributed by atoms with Crippen molar-refractivity contribution in [3.63, 3.8) is 0 Å². The molecule has 1 unspecified atom stereocenters. The predicted molar refractivity (Wildman–Crippen MR) is 306 cm³/mol. The molecule has 402 valence electrons. The van der Waals surface area contributed by atoms with Crippen molar-refractivity contribution in [2.24, 2.45) is 0 Å². The number of rotatable bonds is 54. The molecular weight excluding hydrogens is 861 g/mol. The van der Waals surface area contributed by atoms with Gasteiger partial charge in [0.05, 0.1) is 6.61 Å². The molecule has 0 amide bonds. The van der Waals surface area contributed by atoms with Gasteiger partial charge in [0.2, 0.25) is 0 Å². The normalized spacial score (nSPS) is 12.9. The Kier molecular flexibility index (Phi) is 57.4. The van der Waals surface area contributed by atoms with Gasteiger partial charge in [-0.15, -0.1) is 0 Å². The maximum Gasteiger partial charge on any atom is 0.306 e. The van der Waals surface area contributed by atoms with E-state index in [1.807, 2.05) is 0 Å². The van der Waals surface area contributed by atoms with Crippen molar-refractivity contribution in [1.82, 2.24) is 0 Å². The summed E-state index contributed by atoms with van der Waals surface area (Å²) in [5, 5.41) is 0. The minimum Gasteiger partial charge on any atom is -0.462 e. The summed E-state index contributed by atoms with van der Waals surface area (Å²) in [6.07, 6.45) is 81.4. The Bertz CT molecular complexity index is 1330. The molecule has 0 saturated heterocycles. The fourth-order valence-corrected chi connectivity index (χ4v) is 8.15. The average Bonchev–Trinajstić information content (AvgIpc) is 3.36. The highest BCUT2D eigenvalue weighted by Gasteiger charge is 2.17. The summed E-state index contributed by atoms with van der Waals surface area (Å²) in [7, 11) is 0. The first-order valence-electron chi connectivity index (χ1n) is 29.8. The van der Waals surface area contributed by atoms with Crippen LogP contribution >= 0.6 is 0 Å². The Balaban J connectivity index is 4.36. The molecule has 0 aromatic carbocycles. The molecule has 0 N–H and O–H groups in total. The highest BCUT2D eigenvalue weighted by Crippen LogP contribution is 2.14. The summed E-state index contributed by atoms with van der Waals surface area (Å²) in [5.41, 5.74) is 0. The number of ether oxygens (including phenoxy) is 3. The second-order valence-corrected chi connectivity index (χ2v) is 19.5. The van der Waals surface area contributed by atoms with Crippen molar-refractivity contribution in [1.29, 1.82) is 0 Å². The fourth-order valence-electron chi connectivity index (χ4n) is 8.15. The van der Waals surface area contributed by atoms with E-state index in [-0.39, 0.29) is 25.2 Å². The van der Waals surface area contributed by atoms with Crippen LogP contribution in [0.3, 0.4) is 0 Å². The van der Waals surface area contributed by atoms with E-state index in [0.717, 1.165) is 96.3 Å². The largest absolute Gasteiger partial charge is 0.462 e. The Labute approximate surface area is 434 Å². The molecule has 0 aromatic heterocycles. The van der Waals surface area contributed by atoms with Crippen molar-refractivity contribution in [2.75, 3.05) is 19.8 Å². The number of carbonyl (C=O) groups excluding carboxylic acids is 2. The van der Waals surface area contributed by atoms with Crippen LogP contribution in [0.2, 0.25) is 0 Å². The second-order valence-electron chi connectivity index (χ2n) is 19.5. The molecule has 0 radical (unpaired) electrons. The van der Waals surface area contributed by atoms with E-state index in [1.54, 1.807) is 0 Å². The zero-order valence-electron chi connectivity index (χ0n) is 46.3. The van der Waals surface area contributed by atoms with Crippen molar-refractivity contribution in [3.8, 4) is 0 Å². The maximum atomic E-state index is 12.9. The van der Waals surface area contributed by atoms with Gasteiger partial charge in [0.1, 0.15) is 6.61 Å². The summed E-state index contributed by atoms with van der Waals surface area (Å²) in [4.78, 5) is 25.6. The highest BCUT2D eigenvalue weighted by atomic mass is 16.6. The lowest BCUT2D eigenvalue weighted by Gasteiger charge is -2.18. The monoisotopic (exact) mass is 973 g/mol. The molecule has 0 aliphatic carbocycles. The Morgan fingerprint density at radius 3 is 1.09 bits per heavy atom. The molecule has 5 nitrogen and oxygen atoms in total. The molecule has 0 spiro atoms. The third-order valence-corrected chi connectivity index (χ3v) is 12.6. The highest BCUT2D eigenvalue weighted by molar-refractivity contribution is 5.70. The topological polar surface area (TPSA) is 61.8 Å². The van der Waals surface area contributed by atoms with Crippen LogP contribution in [0.15, 0.2) is 97.2 Å². The van der Waals surface area contributed by atoms with E-state index >= 15 is 0 Å². The first kappa shape index (κ1) is 66.8. The molecule has 0 bridgehead atoms. The Morgan fingerprint density at radius 1 is 0.329 bits per heavy atom. The van der Waals surface area contributed by atoms with Crippen LogP contribution < -0.4 is 0 Å². The van der Waals surface area contributed by atoms with Crippen molar-refractivity contribution < 1.29 is 23.8 Å². The minimum atomic E-state index is -0.562. The van der Waals surface area contributed by atoms with Crippen molar-refractivity contribution in [2.45, 2.75) is 284 Å². The maximum absolute atomic E-state index is 12.9. The van der Waals surface area contributed by atoms with E-state index in [2.05, 4.69) is 118 Å². The molecule has 0 aliphatic rings. The van der Waals surface area contributed by atoms with Crippen LogP contribution in [0.25, 0.3) is 0 Å². The zero-order valence-corrected chi connectivity index (χ0v) is 46.3. The van der Waals surface area contributed by atoms with Gasteiger partial charge < -0.3 is 14.2 Å². The number of carbonyl (C=O) groups is 2. The average molecular weight is 974 g/mol. The molecule has 0 aromatic rings.